The Labute approximate surface area is 77.4 Å². The number of rotatable bonds is 4. The molecule has 1 N–H and O–H groups in total. The highest BCUT2D eigenvalue weighted by atomic mass is 14.9. The van der Waals surface area contributed by atoms with Crippen molar-refractivity contribution in [2.24, 2.45) is 0 Å². The van der Waals surface area contributed by atoms with Gasteiger partial charge in [-0.15, -0.1) is 0 Å². The monoisotopic (exact) mass is 175 g/mol. The lowest BCUT2D eigenvalue weighted by Crippen LogP contribution is -1.97. The Balaban J connectivity index is 1.76. The van der Waals surface area contributed by atoms with E-state index in [1.165, 1.54) is 0 Å². The lowest BCUT2D eigenvalue weighted by Gasteiger charge is -2.00. The average Bonchev–Trinajstić information content (AvgIpc) is 2.75. The first-order valence-electron chi connectivity index (χ1n) is 4.54. The molecule has 2 rings (SSSR count). The van der Waals surface area contributed by atoms with E-state index in [-0.39, 0.29) is 0 Å². The van der Waals surface area contributed by atoms with Crippen molar-refractivity contribution in [3.8, 4) is 0 Å². The van der Waals surface area contributed by atoms with Crippen molar-refractivity contribution in [1.29, 1.82) is 0 Å². The van der Waals surface area contributed by atoms with E-state index < -0.39 is 0 Å². The summed E-state index contributed by atoms with van der Waals surface area (Å²) in [6.45, 7) is 1.06. The SMILES string of the molecule is c1ccn(CCCc2ncc[nH]2)c1. The number of hydrogen-bond donors (Lipinski definition) is 1. The van der Waals surface area contributed by atoms with Crippen molar-refractivity contribution < 1.29 is 0 Å². The number of H-pyrrole nitrogens is 1. The van der Waals surface area contributed by atoms with Crippen molar-refractivity contribution in [3.05, 3.63) is 42.7 Å². The fourth-order valence-electron chi connectivity index (χ4n) is 1.38. The first-order chi connectivity index (χ1) is 6.45. The summed E-state index contributed by atoms with van der Waals surface area (Å²) in [7, 11) is 0. The third-order valence-corrected chi connectivity index (χ3v) is 2.05. The van der Waals surface area contributed by atoms with Gasteiger partial charge in [0.2, 0.25) is 0 Å². The van der Waals surface area contributed by atoms with Crippen molar-refractivity contribution >= 4 is 0 Å². The molecule has 0 amide bonds. The summed E-state index contributed by atoms with van der Waals surface area (Å²) < 4.78 is 2.18. The first kappa shape index (κ1) is 8.10. The molecule has 68 valence electrons. The highest BCUT2D eigenvalue weighted by molar-refractivity contribution is 4.91. The Morgan fingerprint density at radius 1 is 1.31 bits per heavy atom. The van der Waals surface area contributed by atoms with E-state index in [2.05, 4.69) is 26.9 Å². The zero-order valence-electron chi connectivity index (χ0n) is 7.48. The van der Waals surface area contributed by atoms with Gasteiger partial charge in [-0.25, -0.2) is 4.98 Å². The second-order valence-electron chi connectivity index (χ2n) is 3.06. The van der Waals surface area contributed by atoms with Crippen LogP contribution < -0.4 is 0 Å². The molecule has 0 fully saturated rings. The smallest absolute Gasteiger partial charge is 0.106 e. The molecule has 0 aliphatic rings. The van der Waals surface area contributed by atoms with Gasteiger partial charge in [0.05, 0.1) is 0 Å². The van der Waals surface area contributed by atoms with Gasteiger partial charge in [-0.1, -0.05) is 0 Å². The van der Waals surface area contributed by atoms with E-state index in [1.807, 2.05) is 18.3 Å². The zero-order valence-corrected chi connectivity index (χ0v) is 7.48. The summed E-state index contributed by atoms with van der Waals surface area (Å²) in [4.78, 5) is 7.27. The van der Waals surface area contributed by atoms with E-state index >= 15 is 0 Å². The van der Waals surface area contributed by atoms with Gasteiger partial charge < -0.3 is 9.55 Å². The van der Waals surface area contributed by atoms with Gasteiger partial charge in [-0.3, -0.25) is 0 Å². The quantitative estimate of drug-likeness (QED) is 0.755. The Hall–Kier alpha value is -1.51. The van der Waals surface area contributed by atoms with Crippen LogP contribution in [0, 0.1) is 0 Å². The van der Waals surface area contributed by atoms with Crippen molar-refractivity contribution in [3.63, 3.8) is 0 Å². The molecule has 0 unspecified atom stereocenters. The van der Waals surface area contributed by atoms with E-state index in [9.17, 15) is 0 Å². The van der Waals surface area contributed by atoms with Crippen LogP contribution in [0.15, 0.2) is 36.9 Å². The lowest BCUT2D eigenvalue weighted by atomic mass is 10.3. The van der Waals surface area contributed by atoms with Gasteiger partial charge in [-0.2, -0.15) is 0 Å². The van der Waals surface area contributed by atoms with Crippen LogP contribution in [0.4, 0.5) is 0 Å². The summed E-state index contributed by atoms with van der Waals surface area (Å²) in [6.07, 6.45) is 9.98. The summed E-state index contributed by atoms with van der Waals surface area (Å²) in [5.74, 6) is 1.08. The standard InChI is InChI=1S/C10H13N3/c1-2-8-13(7-1)9-3-4-10-11-5-6-12-10/h1-2,5-8H,3-4,9H2,(H,11,12). The minimum absolute atomic E-state index is 1.02. The summed E-state index contributed by atoms with van der Waals surface area (Å²) in [5.41, 5.74) is 0. The van der Waals surface area contributed by atoms with E-state index in [0.29, 0.717) is 0 Å². The Kier molecular flexibility index (Phi) is 2.45. The normalized spacial score (nSPS) is 10.5. The number of aromatic amines is 1. The molecule has 0 aliphatic carbocycles. The minimum atomic E-state index is 1.02. The fourth-order valence-corrected chi connectivity index (χ4v) is 1.38. The van der Waals surface area contributed by atoms with Crippen LogP contribution in [0.2, 0.25) is 0 Å². The maximum absolute atomic E-state index is 4.17. The van der Waals surface area contributed by atoms with E-state index in [0.717, 1.165) is 25.2 Å². The number of nitrogens with zero attached hydrogens (tertiary/aromatic N) is 2. The molecule has 13 heavy (non-hydrogen) atoms. The number of aryl methyl sites for hydroxylation is 2. The second-order valence-corrected chi connectivity index (χ2v) is 3.06. The minimum Gasteiger partial charge on any atom is -0.354 e. The number of nitrogens with one attached hydrogen (secondary N) is 1. The van der Waals surface area contributed by atoms with Gasteiger partial charge in [0, 0.05) is 37.8 Å². The molecule has 2 aromatic heterocycles. The molecule has 0 aliphatic heterocycles. The van der Waals surface area contributed by atoms with E-state index in [4.69, 9.17) is 0 Å². The van der Waals surface area contributed by atoms with Crippen LogP contribution in [0.25, 0.3) is 0 Å². The zero-order chi connectivity index (χ0) is 8.93. The van der Waals surface area contributed by atoms with Gasteiger partial charge in [0.15, 0.2) is 0 Å². The predicted molar refractivity (Wildman–Crippen MR) is 51.3 cm³/mol. The lowest BCUT2D eigenvalue weighted by molar-refractivity contribution is 0.634. The largest absolute Gasteiger partial charge is 0.354 e. The van der Waals surface area contributed by atoms with Crippen LogP contribution in [0.3, 0.4) is 0 Å². The fraction of sp³-hybridized carbons (Fsp3) is 0.300. The maximum atomic E-state index is 4.17. The van der Waals surface area contributed by atoms with Crippen molar-refractivity contribution in [2.75, 3.05) is 0 Å². The molecule has 0 radical (unpaired) electrons. The highest BCUT2D eigenvalue weighted by Crippen LogP contribution is 1.98. The van der Waals surface area contributed by atoms with Crippen LogP contribution in [-0.2, 0) is 13.0 Å². The third-order valence-electron chi connectivity index (χ3n) is 2.05. The van der Waals surface area contributed by atoms with Crippen molar-refractivity contribution in [2.45, 2.75) is 19.4 Å². The van der Waals surface area contributed by atoms with E-state index in [1.54, 1.807) is 6.20 Å². The molecule has 2 aromatic rings. The van der Waals surface area contributed by atoms with Gasteiger partial charge >= 0.3 is 0 Å². The average molecular weight is 175 g/mol. The molecule has 3 nitrogen and oxygen atoms in total. The molecule has 0 aromatic carbocycles. The third kappa shape index (κ3) is 2.21. The highest BCUT2D eigenvalue weighted by Gasteiger charge is 1.94. The van der Waals surface area contributed by atoms with Crippen LogP contribution in [0.5, 0.6) is 0 Å². The first-order valence-corrected chi connectivity index (χ1v) is 4.54. The predicted octanol–water partition coefficient (Wildman–Crippen LogP) is 1.84. The number of aromatic nitrogens is 3. The molecule has 0 saturated heterocycles. The van der Waals surface area contributed by atoms with Crippen molar-refractivity contribution in [1.82, 2.24) is 14.5 Å². The molecule has 0 saturated carbocycles. The maximum Gasteiger partial charge on any atom is 0.106 e. The molecule has 2 heterocycles. The summed E-state index contributed by atoms with van der Waals surface area (Å²) >= 11 is 0. The van der Waals surface area contributed by atoms with Gasteiger partial charge in [-0.05, 0) is 18.6 Å². The molecule has 0 bridgehead atoms. The second kappa shape index (κ2) is 3.94. The van der Waals surface area contributed by atoms with Crippen LogP contribution in [0.1, 0.15) is 12.2 Å². The van der Waals surface area contributed by atoms with Gasteiger partial charge in [0.25, 0.3) is 0 Å². The van der Waals surface area contributed by atoms with Gasteiger partial charge in [0.1, 0.15) is 5.82 Å². The van der Waals surface area contributed by atoms with Crippen LogP contribution in [-0.4, -0.2) is 14.5 Å². The number of imidazole rings is 1. The Morgan fingerprint density at radius 2 is 2.15 bits per heavy atom. The summed E-state index contributed by atoms with van der Waals surface area (Å²) in [6, 6.07) is 4.10. The molecule has 3 heteroatoms. The summed E-state index contributed by atoms with van der Waals surface area (Å²) in [5, 5.41) is 0. The Morgan fingerprint density at radius 3 is 2.85 bits per heavy atom. The number of hydrogen-bond acceptors (Lipinski definition) is 1. The Bertz CT molecular complexity index is 287. The molecular weight excluding hydrogens is 162 g/mol. The molecule has 0 spiro atoms. The topological polar surface area (TPSA) is 33.6 Å². The van der Waals surface area contributed by atoms with Crippen LogP contribution >= 0.6 is 0 Å². The molecule has 0 atom stereocenters. The molecular formula is C10H13N3.